The molecule has 0 saturated heterocycles. The fourth-order valence-electron chi connectivity index (χ4n) is 3.52. The van der Waals surface area contributed by atoms with Gasteiger partial charge in [-0.05, 0) is 9.91 Å². The lowest BCUT2D eigenvalue weighted by Crippen LogP contribution is -2.10. The number of non-ortho nitro benzene ring substituents is 2. The summed E-state index contributed by atoms with van der Waals surface area (Å²) in [4.78, 5) is 84.8. The first-order valence-electron chi connectivity index (χ1n) is 10.5. The van der Waals surface area contributed by atoms with Crippen LogP contribution < -0.4 is 10.6 Å². The predicted molar refractivity (Wildman–Crippen MR) is 137 cm³/mol. The zero-order valence-corrected chi connectivity index (χ0v) is 20.4. The molecule has 2 aromatic carbocycles. The number of benzene rings is 2. The molecular weight excluding hydrogens is 614 g/mol. The Hall–Kier alpha value is -7.61. The molecule has 0 aliphatic carbocycles. The average Bonchev–Trinajstić information content (AvgIpc) is 2.92. The van der Waals surface area contributed by atoms with Crippen LogP contribution in [0.3, 0.4) is 0 Å². The highest BCUT2D eigenvalue weighted by Gasteiger charge is 2.39. The van der Waals surface area contributed by atoms with Gasteiger partial charge in [-0.25, -0.2) is 0 Å². The highest BCUT2D eigenvalue weighted by Crippen LogP contribution is 2.48. The van der Waals surface area contributed by atoms with Crippen LogP contribution in [0.2, 0.25) is 0 Å². The quantitative estimate of drug-likeness (QED) is 0.214. The van der Waals surface area contributed by atoms with Crippen molar-refractivity contribution in [3.05, 3.63) is 111 Å². The Labute approximate surface area is 235 Å². The number of nitrogens with one attached hydrogen (secondary N) is 2. The van der Waals surface area contributed by atoms with Crippen molar-refractivity contribution in [2.75, 3.05) is 10.6 Å². The predicted octanol–water partition coefficient (Wildman–Crippen LogP) is 3.83. The molecule has 0 saturated carbocycles. The lowest BCUT2D eigenvalue weighted by molar-refractivity contribution is -0.425. The lowest BCUT2D eigenvalue weighted by Gasteiger charge is -2.13. The minimum atomic E-state index is -1.70. The van der Waals surface area contributed by atoms with E-state index in [1.54, 1.807) is 0 Å². The van der Waals surface area contributed by atoms with Gasteiger partial charge in [-0.3, -0.25) is 70.8 Å². The van der Waals surface area contributed by atoms with E-state index in [0.29, 0.717) is 6.20 Å². The number of anilines is 4. The molecule has 27 heteroatoms. The number of nitro groups is 8. The van der Waals surface area contributed by atoms with E-state index >= 15 is 0 Å². The van der Waals surface area contributed by atoms with Gasteiger partial charge in [-0.1, -0.05) is 0 Å². The first-order chi connectivity index (χ1) is 20.5. The van der Waals surface area contributed by atoms with Gasteiger partial charge in [0.2, 0.25) is 0 Å². The number of nitro benzene ring substituents is 6. The molecule has 2 N–H and O–H groups in total. The molecule has 3 aromatic rings. The smallest absolute Gasteiger partial charge is 0.358 e. The summed E-state index contributed by atoms with van der Waals surface area (Å²) in [6, 6.07) is 0.856. The van der Waals surface area contributed by atoms with Gasteiger partial charge in [-0.2, -0.15) is 0 Å². The molecule has 1 heterocycles. The number of pyridine rings is 1. The maximum Gasteiger partial charge on any atom is 0.444 e. The number of hydrogen-bond donors (Lipinski definition) is 2. The van der Waals surface area contributed by atoms with E-state index in [1.165, 1.54) is 0 Å². The van der Waals surface area contributed by atoms with Crippen LogP contribution in [0.1, 0.15) is 0 Å². The van der Waals surface area contributed by atoms with Crippen molar-refractivity contribution < 1.29 is 39.4 Å². The molecule has 44 heavy (non-hydrogen) atoms. The Bertz CT molecular complexity index is 1790. The van der Waals surface area contributed by atoms with Crippen LogP contribution >= 0.6 is 0 Å². The summed E-state index contributed by atoms with van der Waals surface area (Å²) in [5.74, 6) is -1.61. The van der Waals surface area contributed by atoms with E-state index in [1.807, 2.05) is 10.6 Å². The van der Waals surface area contributed by atoms with E-state index in [0.717, 1.165) is 0 Å². The van der Waals surface area contributed by atoms with Crippen molar-refractivity contribution in [3.8, 4) is 0 Å². The van der Waals surface area contributed by atoms with Crippen molar-refractivity contribution in [2.24, 2.45) is 0 Å². The van der Waals surface area contributed by atoms with Crippen LogP contribution in [0.25, 0.3) is 0 Å². The maximum atomic E-state index is 11.9. The first kappa shape index (κ1) is 30.9. The molecule has 0 fully saturated rings. The maximum absolute atomic E-state index is 11.9. The van der Waals surface area contributed by atoms with Crippen molar-refractivity contribution in [1.82, 2.24) is 4.98 Å². The first-order valence-corrected chi connectivity index (χ1v) is 10.5. The summed E-state index contributed by atoms with van der Waals surface area (Å²) in [5.41, 5.74) is -14.7. The third-order valence-corrected chi connectivity index (χ3v) is 5.27. The third-order valence-electron chi connectivity index (χ3n) is 5.27. The number of aromatic nitrogens is 1. The largest absolute Gasteiger partial charge is 0.444 e. The second-order valence-electron chi connectivity index (χ2n) is 7.74. The molecule has 27 nitrogen and oxygen atoms in total. The van der Waals surface area contributed by atoms with Crippen LogP contribution in [0, 0.1) is 80.9 Å². The van der Waals surface area contributed by atoms with Gasteiger partial charge in [0, 0.05) is 0 Å². The zero-order chi connectivity index (χ0) is 33.2. The van der Waals surface area contributed by atoms with Crippen LogP contribution in [0.4, 0.5) is 68.4 Å². The fraction of sp³-hybridized carbons (Fsp3) is 0. The topological polar surface area (TPSA) is 382 Å². The standard InChI is InChI=1S/C17H7N11O16/c29-21(30)6-1-9(23(33)34)14(10(2-6)24(35)36)19-8-5-18-17(28(43)44)16(27(41)42)13(8)20-15-11(25(37)38)3-7(22(31)32)4-12(15)26(39)40/h1-5,19H,(H,18,20). The molecular formula is C17H7N11O16. The van der Waals surface area contributed by atoms with Crippen LogP contribution in [-0.4, -0.2) is 44.4 Å². The van der Waals surface area contributed by atoms with Gasteiger partial charge in [0.05, 0.1) is 58.7 Å². The van der Waals surface area contributed by atoms with Crippen LogP contribution in [0.5, 0.6) is 0 Å². The van der Waals surface area contributed by atoms with E-state index in [9.17, 15) is 80.9 Å². The van der Waals surface area contributed by atoms with Gasteiger partial charge < -0.3 is 20.7 Å². The Balaban J connectivity index is 2.48. The second kappa shape index (κ2) is 11.5. The molecule has 0 aliphatic rings. The Morgan fingerprint density at radius 3 is 1.11 bits per heavy atom. The van der Waals surface area contributed by atoms with Gasteiger partial charge in [0.25, 0.3) is 11.4 Å². The Kier molecular flexibility index (Phi) is 8.07. The summed E-state index contributed by atoms with van der Waals surface area (Å²) >= 11 is 0. The van der Waals surface area contributed by atoms with Crippen LogP contribution in [-0.2, 0) is 0 Å². The van der Waals surface area contributed by atoms with Gasteiger partial charge in [0.15, 0.2) is 23.3 Å². The Morgan fingerprint density at radius 2 is 0.818 bits per heavy atom. The number of hydrogen-bond acceptors (Lipinski definition) is 19. The minimum absolute atomic E-state index is 0.190. The summed E-state index contributed by atoms with van der Waals surface area (Å²) in [6.45, 7) is 0. The van der Waals surface area contributed by atoms with Crippen molar-refractivity contribution in [1.29, 1.82) is 0 Å². The number of rotatable bonds is 12. The normalized spacial score (nSPS) is 10.4. The SMILES string of the molecule is O=[N+]([O-])c1cc([N+](=O)[O-])c(Nc2cnc([N+](=O)[O-])c([N+](=O)[O-])c2Nc2c([N+](=O)[O-])cc([N+](=O)[O-])cc2[N+](=O)[O-])c([N+](=O)[O-])c1. The van der Waals surface area contributed by atoms with Gasteiger partial charge in [0.1, 0.15) is 5.69 Å². The lowest BCUT2D eigenvalue weighted by atomic mass is 10.1. The highest BCUT2D eigenvalue weighted by atomic mass is 16.7. The molecule has 0 unspecified atom stereocenters. The van der Waals surface area contributed by atoms with E-state index in [4.69, 9.17) is 0 Å². The molecule has 0 aliphatic heterocycles. The summed E-state index contributed by atoms with van der Waals surface area (Å²) < 4.78 is 0. The summed E-state index contributed by atoms with van der Waals surface area (Å²) in [6.07, 6.45) is 0.311. The zero-order valence-electron chi connectivity index (χ0n) is 20.4. The average molecular weight is 621 g/mol. The monoisotopic (exact) mass is 621 g/mol. The fourth-order valence-corrected chi connectivity index (χ4v) is 3.52. The van der Waals surface area contributed by atoms with Gasteiger partial charge >= 0.3 is 34.3 Å². The van der Waals surface area contributed by atoms with Gasteiger partial charge in [-0.15, -0.1) is 0 Å². The van der Waals surface area contributed by atoms with Crippen molar-refractivity contribution >= 4 is 68.4 Å². The van der Waals surface area contributed by atoms with E-state index in [2.05, 4.69) is 4.98 Å². The molecule has 226 valence electrons. The summed E-state index contributed by atoms with van der Waals surface area (Å²) in [7, 11) is 0. The molecule has 0 bridgehead atoms. The third kappa shape index (κ3) is 5.79. The molecule has 0 radical (unpaired) electrons. The van der Waals surface area contributed by atoms with Crippen molar-refractivity contribution in [2.45, 2.75) is 0 Å². The summed E-state index contributed by atoms with van der Waals surface area (Å²) in [5, 5.41) is 96.3. The molecule has 0 atom stereocenters. The molecule has 1 aromatic heterocycles. The molecule has 0 spiro atoms. The molecule has 0 amide bonds. The van der Waals surface area contributed by atoms with Crippen molar-refractivity contribution in [3.63, 3.8) is 0 Å². The Morgan fingerprint density at radius 1 is 0.455 bits per heavy atom. The number of nitrogens with zero attached hydrogens (tertiary/aromatic N) is 9. The molecule has 3 rings (SSSR count). The minimum Gasteiger partial charge on any atom is -0.358 e. The van der Waals surface area contributed by atoms with Crippen LogP contribution in [0.15, 0.2) is 30.5 Å². The highest BCUT2D eigenvalue weighted by molar-refractivity contribution is 5.94. The second-order valence-corrected chi connectivity index (χ2v) is 7.74. The van der Waals surface area contributed by atoms with E-state index < -0.39 is 108 Å². The van der Waals surface area contributed by atoms with E-state index in [-0.39, 0.29) is 24.3 Å².